The van der Waals surface area contributed by atoms with E-state index in [9.17, 15) is 9.59 Å². The lowest BCUT2D eigenvalue weighted by atomic mass is 10.1. The monoisotopic (exact) mass is 540 g/mol. The molecule has 0 bridgehead atoms. The fourth-order valence-corrected chi connectivity index (χ4v) is 4.24. The Balaban J connectivity index is 1.72. The third-order valence-electron chi connectivity index (χ3n) is 6.33. The second-order valence-electron chi connectivity index (χ2n) is 9.62. The molecule has 0 spiro atoms. The van der Waals surface area contributed by atoms with Crippen LogP contribution in [0.3, 0.4) is 0 Å². The fourth-order valence-electron chi connectivity index (χ4n) is 4.24. The number of aryl methyl sites for hydroxylation is 2. The maximum Gasteiger partial charge on any atom is 0.330 e. The van der Waals surface area contributed by atoms with E-state index in [-0.39, 0.29) is 11.9 Å². The molecule has 0 aliphatic rings. The molecule has 0 fully saturated rings. The summed E-state index contributed by atoms with van der Waals surface area (Å²) >= 11 is 0. The van der Waals surface area contributed by atoms with Crippen LogP contribution < -0.4 is 9.80 Å². The zero-order valence-corrected chi connectivity index (χ0v) is 24.0. The van der Waals surface area contributed by atoms with Crippen LogP contribution in [0.1, 0.15) is 37.8 Å². The molecule has 0 radical (unpaired) electrons. The first-order valence-corrected chi connectivity index (χ1v) is 13.8. The minimum Gasteiger partial charge on any atom is -0.463 e. The molecule has 0 saturated heterocycles. The number of hydrogen-bond donors (Lipinski definition) is 0. The van der Waals surface area contributed by atoms with Gasteiger partial charge in [0.25, 0.3) is 0 Å². The molecule has 0 saturated carbocycles. The van der Waals surface area contributed by atoms with Gasteiger partial charge in [-0.3, -0.25) is 0 Å². The highest BCUT2D eigenvalue weighted by atomic mass is 16.5. The van der Waals surface area contributed by atoms with Gasteiger partial charge in [0.1, 0.15) is 0 Å². The Kier molecular flexibility index (Phi) is 12.0. The smallest absolute Gasteiger partial charge is 0.330 e. The van der Waals surface area contributed by atoms with E-state index in [2.05, 4.69) is 82.6 Å². The highest BCUT2D eigenvalue weighted by Crippen LogP contribution is 2.35. The van der Waals surface area contributed by atoms with Gasteiger partial charge >= 0.3 is 11.9 Å². The lowest BCUT2D eigenvalue weighted by Gasteiger charge is -2.26. The SMILES string of the molecule is CC=CC(=O)OCCCc1ccc(N(c2ccc(CCCOC(=O)C=CC)cc2)c2ccc(N(C)C)cc2)cc1. The molecule has 0 atom stereocenters. The summed E-state index contributed by atoms with van der Waals surface area (Å²) in [7, 11) is 4.07. The number of carbonyl (C=O) groups excluding carboxylic acids is 2. The van der Waals surface area contributed by atoms with Crippen LogP contribution in [-0.4, -0.2) is 39.2 Å². The highest BCUT2D eigenvalue weighted by Gasteiger charge is 2.13. The number of benzene rings is 3. The number of ether oxygens (including phenoxy) is 2. The van der Waals surface area contributed by atoms with Gasteiger partial charge in [-0.05, 0) is 99.2 Å². The molecule has 3 aromatic rings. The number of carbonyl (C=O) groups is 2. The summed E-state index contributed by atoms with van der Waals surface area (Å²) in [6, 6.07) is 25.6. The topological polar surface area (TPSA) is 59.1 Å². The predicted molar refractivity (Wildman–Crippen MR) is 164 cm³/mol. The van der Waals surface area contributed by atoms with Crippen LogP contribution in [0.2, 0.25) is 0 Å². The summed E-state index contributed by atoms with van der Waals surface area (Å²) in [4.78, 5) is 27.3. The van der Waals surface area contributed by atoms with E-state index < -0.39 is 0 Å². The first-order chi connectivity index (χ1) is 19.4. The van der Waals surface area contributed by atoms with E-state index in [1.54, 1.807) is 26.0 Å². The van der Waals surface area contributed by atoms with Crippen LogP contribution in [0, 0.1) is 0 Å². The van der Waals surface area contributed by atoms with Gasteiger partial charge in [-0.15, -0.1) is 0 Å². The lowest BCUT2D eigenvalue weighted by Crippen LogP contribution is -2.12. The van der Waals surface area contributed by atoms with E-state index in [1.807, 2.05) is 14.1 Å². The zero-order chi connectivity index (χ0) is 28.7. The molecule has 0 heterocycles. The summed E-state index contributed by atoms with van der Waals surface area (Å²) in [5, 5.41) is 0. The van der Waals surface area contributed by atoms with E-state index >= 15 is 0 Å². The van der Waals surface area contributed by atoms with E-state index in [0.717, 1.165) is 48.4 Å². The number of allylic oxidation sites excluding steroid dienone is 2. The Hall–Kier alpha value is -4.32. The van der Waals surface area contributed by atoms with Crippen LogP contribution in [0.15, 0.2) is 97.1 Å². The van der Waals surface area contributed by atoms with Gasteiger partial charge in [-0.25, -0.2) is 9.59 Å². The summed E-state index contributed by atoms with van der Waals surface area (Å²) < 4.78 is 10.4. The van der Waals surface area contributed by atoms with Crippen molar-refractivity contribution < 1.29 is 19.1 Å². The number of hydrogen-bond acceptors (Lipinski definition) is 6. The average Bonchev–Trinajstić information content (AvgIpc) is 2.96. The first kappa shape index (κ1) is 30.2. The molecule has 6 nitrogen and oxygen atoms in total. The molecule has 0 aliphatic heterocycles. The second-order valence-corrected chi connectivity index (χ2v) is 9.62. The number of rotatable bonds is 14. The van der Waals surface area contributed by atoms with Gasteiger partial charge < -0.3 is 19.3 Å². The minimum absolute atomic E-state index is 0.298. The highest BCUT2D eigenvalue weighted by molar-refractivity contribution is 5.82. The summed E-state index contributed by atoms with van der Waals surface area (Å²) in [5.74, 6) is -0.597. The Morgan fingerprint density at radius 1 is 0.600 bits per heavy atom. The van der Waals surface area contributed by atoms with Gasteiger partial charge in [-0.2, -0.15) is 0 Å². The van der Waals surface area contributed by atoms with Crippen molar-refractivity contribution in [3.63, 3.8) is 0 Å². The maximum atomic E-state index is 11.5. The normalized spacial score (nSPS) is 11.1. The summed E-state index contributed by atoms with van der Waals surface area (Å²) in [6.45, 7) is 4.40. The second kappa shape index (κ2) is 15.9. The van der Waals surface area contributed by atoms with E-state index in [1.165, 1.54) is 23.3 Å². The predicted octanol–water partition coefficient (Wildman–Crippen LogP) is 7.33. The molecule has 40 heavy (non-hydrogen) atoms. The molecule has 3 aromatic carbocycles. The van der Waals surface area contributed by atoms with Gasteiger partial charge in [-0.1, -0.05) is 36.4 Å². The van der Waals surface area contributed by atoms with Crippen LogP contribution in [-0.2, 0) is 31.9 Å². The number of nitrogens with zero attached hydrogens (tertiary/aromatic N) is 2. The molecule has 0 aromatic heterocycles. The van der Waals surface area contributed by atoms with Gasteiger partial charge in [0.2, 0.25) is 0 Å². The zero-order valence-electron chi connectivity index (χ0n) is 24.0. The number of anilines is 4. The van der Waals surface area contributed by atoms with Crippen molar-refractivity contribution in [1.29, 1.82) is 0 Å². The number of esters is 2. The molecule has 0 amide bonds. The van der Waals surface area contributed by atoms with Crippen LogP contribution in [0.4, 0.5) is 22.7 Å². The molecular weight excluding hydrogens is 500 g/mol. The Morgan fingerprint density at radius 3 is 1.30 bits per heavy atom. The standard InChI is InChI=1S/C34H40N2O4/c1-5-9-33(37)39-25-7-11-27-13-17-30(18-14-27)36(32-23-21-29(22-24-32)35(3)4)31-19-15-28(16-20-31)12-8-26-40-34(38)10-6-2/h5-6,9-10,13-24H,7-8,11-12,25-26H2,1-4H3. The minimum atomic E-state index is -0.298. The molecule has 0 unspecified atom stereocenters. The van der Waals surface area contributed by atoms with Crippen molar-refractivity contribution in [3.05, 3.63) is 108 Å². The molecule has 0 N–H and O–H groups in total. The van der Waals surface area contributed by atoms with Crippen LogP contribution in [0.5, 0.6) is 0 Å². The first-order valence-electron chi connectivity index (χ1n) is 13.8. The van der Waals surface area contributed by atoms with Crippen molar-refractivity contribution in [2.24, 2.45) is 0 Å². The van der Waals surface area contributed by atoms with Gasteiger partial charge in [0, 0.05) is 49.0 Å². The maximum absolute atomic E-state index is 11.5. The Labute approximate surface area is 238 Å². The van der Waals surface area contributed by atoms with Crippen molar-refractivity contribution in [1.82, 2.24) is 0 Å². The largest absolute Gasteiger partial charge is 0.463 e. The van der Waals surface area contributed by atoms with Gasteiger partial charge in [0.05, 0.1) is 13.2 Å². The van der Waals surface area contributed by atoms with Crippen molar-refractivity contribution in [3.8, 4) is 0 Å². The summed E-state index contributed by atoms with van der Waals surface area (Å²) in [6.07, 6.45) is 9.44. The van der Waals surface area contributed by atoms with Gasteiger partial charge in [0.15, 0.2) is 0 Å². The van der Waals surface area contributed by atoms with E-state index in [4.69, 9.17) is 9.47 Å². The van der Waals surface area contributed by atoms with Crippen molar-refractivity contribution in [2.75, 3.05) is 37.1 Å². The van der Waals surface area contributed by atoms with Crippen LogP contribution in [0.25, 0.3) is 0 Å². The molecular formula is C34H40N2O4. The summed E-state index contributed by atoms with van der Waals surface area (Å²) in [5.41, 5.74) is 6.71. The third-order valence-corrected chi connectivity index (χ3v) is 6.33. The molecule has 6 heteroatoms. The van der Waals surface area contributed by atoms with E-state index in [0.29, 0.717) is 13.2 Å². The quantitative estimate of drug-likeness (QED) is 0.121. The average molecular weight is 541 g/mol. The van der Waals surface area contributed by atoms with Crippen molar-refractivity contribution in [2.45, 2.75) is 39.5 Å². The Bertz CT molecular complexity index is 1190. The molecule has 0 aliphatic carbocycles. The fraction of sp³-hybridized carbons (Fsp3) is 0.294. The lowest BCUT2D eigenvalue weighted by molar-refractivity contribution is -0.138. The molecule has 210 valence electrons. The van der Waals surface area contributed by atoms with Crippen molar-refractivity contribution >= 4 is 34.7 Å². The third kappa shape index (κ3) is 9.45. The molecule has 3 rings (SSSR count). The van der Waals surface area contributed by atoms with Crippen LogP contribution >= 0.6 is 0 Å². The Morgan fingerprint density at radius 2 is 0.950 bits per heavy atom.